The molecule has 0 fully saturated rings. The Morgan fingerprint density at radius 3 is 2.50 bits per heavy atom. The van der Waals surface area contributed by atoms with Crippen molar-refractivity contribution in [3.8, 4) is 5.75 Å². The number of aromatic nitrogens is 2. The predicted molar refractivity (Wildman–Crippen MR) is 96.5 cm³/mol. The lowest BCUT2D eigenvalue weighted by Crippen LogP contribution is -2.24. The minimum absolute atomic E-state index is 0.257. The van der Waals surface area contributed by atoms with E-state index in [2.05, 4.69) is 31.0 Å². The second-order valence-electron chi connectivity index (χ2n) is 6.45. The van der Waals surface area contributed by atoms with Crippen molar-refractivity contribution in [3.63, 3.8) is 0 Å². The van der Waals surface area contributed by atoms with Crippen LogP contribution in [-0.4, -0.2) is 27.4 Å². The van der Waals surface area contributed by atoms with E-state index >= 15 is 0 Å². The number of aliphatic hydroxyl groups is 1. The molecule has 0 unspecified atom stereocenters. The molecule has 0 bridgehead atoms. The average molecular weight is 324 g/mol. The largest absolute Gasteiger partial charge is 0.491 e. The highest BCUT2D eigenvalue weighted by Crippen LogP contribution is 2.19. The van der Waals surface area contributed by atoms with E-state index in [4.69, 9.17) is 4.74 Å². The highest BCUT2D eigenvalue weighted by atomic mass is 16.5. The zero-order chi connectivity index (χ0) is 17.1. The van der Waals surface area contributed by atoms with E-state index in [0.29, 0.717) is 12.5 Å². The third-order valence-electron chi connectivity index (χ3n) is 4.23. The summed E-state index contributed by atoms with van der Waals surface area (Å²) in [5.74, 6) is 2.18. The number of aliphatic hydroxyl groups excluding tert-OH is 1. The van der Waals surface area contributed by atoms with Gasteiger partial charge < -0.3 is 14.4 Å². The lowest BCUT2D eigenvalue weighted by molar-refractivity contribution is 0.0929. The van der Waals surface area contributed by atoms with Gasteiger partial charge in [-0.15, -0.1) is 0 Å². The molecule has 0 saturated heterocycles. The first kappa shape index (κ1) is 16.5. The molecule has 1 aromatic heterocycles. The molecular formula is C20H24N2O2. The van der Waals surface area contributed by atoms with Gasteiger partial charge in [0.25, 0.3) is 0 Å². The summed E-state index contributed by atoms with van der Waals surface area (Å²) in [6, 6.07) is 16.0. The van der Waals surface area contributed by atoms with Crippen LogP contribution in [-0.2, 0) is 6.54 Å². The predicted octanol–water partition coefficient (Wildman–Crippen LogP) is 3.91. The molecule has 3 aromatic rings. The molecule has 0 aliphatic carbocycles. The number of fused-ring (bicyclic) bond motifs is 1. The number of rotatable bonds is 6. The first-order valence-electron chi connectivity index (χ1n) is 8.37. The SMILES string of the molecule is Cc1nc2ccccc2n1C[C@H](O)COc1ccc(C(C)C)cc1. The maximum absolute atomic E-state index is 10.3. The Bertz CT molecular complexity index is 806. The van der Waals surface area contributed by atoms with Crippen LogP contribution in [0, 0.1) is 6.92 Å². The van der Waals surface area contributed by atoms with Gasteiger partial charge in [-0.2, -0.15) is 0 Å². The van der Waals surface area contributed by atoms with E-state index in [-0.39, 0.29) is 6.61 Å². The molecule has 2 aromatic carbocycles. The molecule has 4 nitrogen and oxygen atoms in total. The van der Waals surface area contributed by atoms with Crippen LogP contribution in [0.4, 0.5) is 0 Å². The van der Waals surface area contributed by atoms with Crippen LogP contribution in [0.3, 0.4) is 0 Å². The Balaban J connectivity index is 1.63. The molecule has 0 saturated carbocycles. The fraction of sp³-hybridized carbons (Fsp3) is 0.350. The van der Waals surface area contributed by atoms with Crippen LogP contribution in [0.25, 0.3) is 11.0 Å². The lowest BCUT2D eigenvalue weighted by atomic mass is 10.0. The van der Waals surface area contributed by atoms with Gasteiger partial charge in [0.2, 0.25) is 0 Å². The van der Waals surface area contributed by atoms with E-state index < -0.39 is 6.10 Å². The number of imidazole rings is 1. The molecule has 4 heteroatoms. The van der Waals surface area contributed by atoms with E-state index in [1.807, 2.05) is 47.9 Å². The summed E-state index contributed by atoms with van der Waals surface area (Å²) in [7, 11) is 0. The Kier molecular flexibility index (Phi) is 4.86. The zero-order valence-electron chi connectivity index (χ0n) is 14.4. The quantitative estimate of drug-likeness (QED) is 0.748. The smallest absolute Gasteiger partial charge is 0.119 e. The first-order chi connectivity index (χ1) is 11.5. The maximum atomic E-state index is 10.3. The molecule has 1 atom stereocenters. The van der Waals surface area contributed by atoms with E-state index in [1.165, 1.54) is 5.56 Å². The van der Waals surface area contributed by atoms with E-state index in [0.717, 1.165) is 22.6 Å². The van der Waals surface area contributed by atoms with Crippen molar-refractivity contribution in [1.82, 2.24) is 9.55 Å². The average Bonchev–Trinajstić information content (AvgIpc) is 2.89. The summed E-state index contributed by atoms with van der Waals surface area (Å²) in [6.45, 7) is 7.01. The summed E-state index contributed by atoms with van der Waals surface area (Å²) < 4.78 is 7.75. The second kappa shape index (κ2) is 7.05. The number of aryl methyl sites for hydroxylation is 1. The number of nitrogens with zero attached hydrogens (tertiary/aromatic N) is 2. The molecule has 1 heterocycles. The van der Waals surface area contributed by atoms with Crippen LogP contribution in [0.1, 0.15) is 31.2 Å². The third kappa shape index (κ3) is 3.60. The monoisotopic (exact) mass is 324 g/mol. The van der Waals surface area contributed by atoms with Crippen LogP contribution in [0.2, 0.25) is 0 Å². The van der Waals surface area contributed by atoms with Crippen molar-refractivity contribution in [1.29, 1.82) is 0 Å². The van der Waals surface area contributed by atoms with Crippen molar-refractivity contribution >= 4 is 11.0 Å². The molecule has 0 aliphatic rings. The van der Waals surface area contributed by atoms with Gasteiger partial charge in [0.15, 0.2) is 0 Å². The van der Waals surface area contributed by atoms with Gasteiger partial charge in [0.1, 0.15) is 24.3 Å². The number of hydrogen-bond acceptors (Lipinski definition) is 3. The summed E-state index contributed by atoms with van der Waals surface area (Å²) in [5, 5.41) is 10.3. The zero-order valence-corrected chi connectivity index (χ0v) is 14.4. The molecule has 1 N–H and O–H groups in total. The van der Waals surface area contributed by atoms with Crippen LogP contribution < -0.4 is 4.74 Å². The second-order valence-corrected chi connectivity index (χ2v) is 6.45. The Hall–Kier alpha value is -2.33. The minimum atomic E-state index is -0.592. The highest BCUT2D eigenvalue weighted by molar-refractivity contribution is 5.75. The maximum Gasteiger partial charge on any atom is 0.119 e. The number of para-hydroxylation sites is 2. The Morgan fingerprint density at radius 2 is 1.79 bits per heavy atom. The van der Waals surface area contributed by atoms with Gasteiger partial charge in [0, 0.05) is 0 Å². The third-order valence-corrected chi connectivity index (χ3v) is 4.23. The molecule has 3 rings (SSSR count). The van der Waals surface area contributed by atoms with Crippen molar-refractivity contribution in [2.45, 2.75) is 39.3 Å². The van der Waals surface area contributed by atoms with Gasteiger partial charge >= 0.3 is 0 Å². The van der Waals surface area contributed by atoms with Gasteiger partial charge in [-0.3, -0.25) is 0 Å². The van der Waals surface area contributed by atoms with Gasteiger partial charge in [0.05, 0.1) is 17.6 Å². The summed E-state index contributed by atoms with van der Waals surface area (Å²) >= 11 is 0. The Labute approximate surface area is 142 Å². The molecule has 0 radical (unpaired) electrons. The molecule has 126 valence electrons. The van der Waals surface area contributed by atoms with E-state index in [1.54, 1.807) is 0 Å². The Morgan fingerprint density at radius 1 is 1.08 bits per heavy atom. The molecule has 0 spiro atoms. The van der Waals surface area contributed by atoms with Crippen molar-refractivity contribution < 1.29 is 9.84 Å². The summed E-state index contributed by atoms with van der Waals surface area (Å²) in [5.41, 5.74) is 3.27. The van der Waals surface area contributed by atoms with Crippen molar-refractivity contribution in [2.24, 2.45) is 0 Å². The van der Waals surface area contributed by atoms with Gasteiger partial charge in [-0.25, -0.2) is 4.98 Å². The molecule has 0 aliphatic heterocycles. The standard InChI is InChI=1S/C20H24N2O2/c1-14(2)16-8-10-18(11-9-16)24-13-17(23)12-22-15(3)21-19-6-4-5-7-20(19)22/h4-11,14,17,23H,12-13H2,1-3H3/t17-/m0/s1. The number of hydrogen-bond donors (Lipinski definition) is 1. The summed E-state index contributed by atoms with van der Waals surface area (Å²) in [6.07, 6.45) is -0.592. The van der Waals surface area contributed by atoms with Crippen molar-refractivity contribution in [2.75, 3.05) is 6.61 Å². The van der Waals surface area contributed by atoms with E-state index in [9.17, 15) is 5.11 Å². The van der Waals surface area contributed by atoms with Crippen molar-refractivity contribution in [3.05, 3.63) is 59.9 Å². The first-order valence-corrected chi connectivity index (χ1v) is 8.37. The number of ether oxygens (including phenoxy) is 1. The fourth-order valence-corrected chi connectivity index (χ4v) is 2.83. The van der Waals surface area contributed by atoms with Gasteiger partial charge in [-0.05, 0) is 42.7 Å². The fourth-order valence-electron chi connectivity index (χ4n) is 2.83. The molecule has 0 amide bonds. The number of benzene rings is 2. The highest BCUT2D eigenvalue weighted by Gasteiger charge is 2.12. The lowest BCUT2D eigenvalue weighted by Gasteiger charge is -2.15. The van der Waals surface area contributed by atoms with Crippen LogP contribution >= 0.6 is 0 Å². The van der Waals surface area contributed by atoms with Crippen LogP contribution in [0.15, 0.2) is 48.5 Å². The van der Waals surface area contributed by atoms with Gasteiger partial charge in [-0.1, -0.05) is 38.1 Å². The molecule has 24 heavy (non-hydrogen) atoms. The van der Waals surface area contributed by atoms with Crippen LogP contribution in [0.5, 0.6) is 5.75 Å². The topological polar surface area (TPSA) is 47.3 Å². The molecular weight excluding hydrogens is 300 g/mol. The summed E-state index contributed by atoms with van der Waals surface area (Å²) in [4.78, 5) is 4.52. The normalized spacial score (nSPS) is 12.7. The minimum Gasteiger partial charge on any atom is -0.491 e.